The number of sulfonamides is 1. The fourth-order valence-electron chi connectivity index (χ4n) is 5.30. The zero-order valence-electron chi connectivity index (χ0n) is 24.3. The molecule has 4 rings (SSSR count). The van der Waals surface area contributed by atoms with Gasteiger partial charge in [-0.05, 0) is 81.3 Å². The monoisotopic (exact) mass is 615 g/mol. The quantitative estimate of drug-likeness (QED) is 0.160. The third-order valence-corrected chi connectivity index (χ3v) is 10.3. The summed E-state index contributed by atoms with van der Waals surface area (Å²) in [4.78, 5) is 0.162. The van der Waals surface area contributed by atoms with Crippen LogP contribution in [0.4, 0.5) is 0 Å². The minimum Gasteiger partial charge on any atom is -0.207 e. The number of nitrogens with zero attached hydrogens (tertiary/aromatic N) is 1. The molecule has 2 N–H and O–H groups in total. The highest BCUT2D eigenvalue weighted by atomic mass is 35.5. The van der Waals surface area contributed by atoms with E-state index in [2.05, 4.69) is 18.6 Å². The Kier molecular flexibility index (Phi) is 10.0. The molecule has 0 bridgehead atoms. The van der Waals surface area contributed by atoms with Gasteiger partial charge in [-0.2, -0.15) is 0 Å². The van der Waals surface area contributed by atoms with Gasteiger partial charge in [0.2, 0.25) is 10.0 Å². The summed E-state index contributed by atoms with van der Waals surface area (Å²) in [6, 6.07) is 23.0. The van der Waals surface area contributed by atoms with E-state index < -0.39 is 33.3 Å². The maximum Gasteiger partial charge on any atom is 0.476 e. The zero-order valence-corrected chi connectivity index (χ0v) is 26.7. The van der Waals surface area contributed by atoms with Gasteiger partial charge in [-0.3, -0.25) is 0 Å². The predicted octanol–water partition coefficient (Wildman–Crippen LogP) is 7.99. The average molecular weight is 616 g/mol. The van der Waals surface area contributed by atoms with E-state index in [1.165, 1.54) is 0 Å². The first-order valence-corrected chi connectivity index (χ1v) is 16.9. The summed E-state index contributed by atoms with van der Waals surface area (Å²) in [6.07, 6.45) is 3.65. The number of halogens is 1. The van der Waals surface area contributed by atoms with Crippen molar-refractivity contribution < 1.29 is 17.2 Å². The molecule has 0 aromatic heterocycles. The molecule has 0 aliphatic heterocycles. The summed E-state index contributed by atoms with van der Waals surface area (Å²) in [5.74, 6) is 0.321. The van der Waals surface area contributed by atoms with Crippen LogP contribution in [0.15, 0.2) is 88.2 Å². The van der Waals surface area contributed by atoms with Crippen LogP contribution in [-0.2, 0) is 31.3 Å². The highest BCUT2D eigenvalue weighted by Gasteiger charge is 2.48. The van der Waals surface area contributed by atoms with Crippen molar-refractivity contribution in [1.82, 2.24) is 4.72 Å². The molecule has 2 atom stereocenters. The molecule has 0 amide bonds. The molecule has 41 heavy (non-hydrogen) atoms. The van der Waals surface area contributed by atoms with Crippen LogP contribution in [0.5, 0.6) is 0 Å². The van der Waals surface area contributed by atoms with Crippen LogP contribution < -0.4 is 4.72 Å². The Hall–Kier alpha value is -2.20. The summed E-state index contributed by atoms with van der Waals surface area (Å²) in [5, 5.41) is 0.678. The molecule has 1 aliphatic carbocycles. The van der Waals surface area contributed by atoms with Crippen molar-refractivity contribution in [3.05, 3.63) is 101 Å². The summed E-state index contributed by atoms with van der Waals surface area (Å²) >= 11 is 4.36. The fraction of sp³-hybridized carbons (Fsp3) is 0.406. The Morgan fingerprint density at radius 1 is 1.05 bits per heavy atom. The second-order valence-electron chi connectivity index (χ2n) is 11.8. The van der Waals surface area contributed by atoms with E-state index in [9.17, 15) is 13.0 Å². The van der Waals surface area contributed by atoms with Crippen LogP contribution in [0.2, 0.25) is 5.02 Å². The summed E-state index contributed by atoms with van der Waals surface area (Å²) < 4.78 is 52.1. The third kappa shape index (κ3) is 7.61. The van der Waals surface area contributed by atoms with E-state index in [-0.39, 0.29) is 10.3 Å². The Morgan fingerprint density at radius 3 is 2.20 bits per heavy atom. The van der Waals surface area contributed by atoms with E-state index in [0.29, 0.717) is 22.9 Å². The topological polar surface area (TPSA) is 88.0 Å². The fourth-order valence-corrected chi connectivity index (χ4v) is 7.74. The highest BCUT2D eigenvalue weighted by Crippen LogP contribution is 2.47. The molecule has 220 valence electrons. The molecule has 0 spiro atoms. The average Bonchev–Trinajstić information content (AvgIpc) is 2.88. The van der Waals surface area contributed by atoms with E-state index in [4.69, 9.17) is 20.2 Å². The van der Waals surface area contributed by atoms with Gasteiger partial charge in [0, 0.05) is 14.8 Å². The standard InChI is InChI=1S/C32H40ClN2O4S2/c1-23(2)22-29(32(20-9-21-32)26-14-16-27(33)17-15-26)34-40(36)39-31(4,5)30(25-10-7-6-8-11-25)35-41(37,38)28-18-12-24(3)13-19-28/h6-8,10-19,23,30,35-36H,9,20-22H2,1-5H3/q+1/t30-,40?/m1/s1. The van der Waals surface area contributed by atoms with E-state index in [0.717, 1.165) is 36.1 Å². The number of nitrogens with one attached hydrogen (secondary N) is 1. The summed E-state index contributed by atoms with van der Waals surface area (Å²) in [6.45, 7) is 9.72. The molecule has 1 saturated carbocycles. The summed E-state index contributed by atoms with van der Waals surface area (Å²) in [7, 11) is -3.90. The summed E-state index contributed by atoms with van der Waals surface area (Å²) in [5.41, 5.74) is 2.29. The first-order valence-electron chi connectivity index (χ1n) is 13.9. The second-order valence-corrected chi connectivity index (χ2v) is 14.7. The first kappa shape index (κ1) is 31.7. The molecule has 1 unspecified atom stereocenters. The van der Waals surface area contributed by atoms with Crippen LogP contribution in [-0.4, -0.2) is 24.3 Å². The highest BCUT2D eigenvalue weighted by molar-refractivity contribution is 7.89. The van der Waals surface area contributed by atoms with Crippen molar-refractivity contribution in [2.24, 2.45) is 10.3 Å². The molecule has 0 heterocycles. The van der Waals surface area contributed by atoms with Gasteiger partial charge >= 0.3 is 11.6 Å². The smallest absolute Gasteiger partial charge is 0.207 e. The lowest BCUT2D eigenvalue weighted by Crippen LogP contribution is -2.46. The third-order valence-electron chi connectivity index (χ3n) is 7.67. The molecule has 1 aliphatic rings. The maximum absolute atomic E-state index is 13.5. The first-order chi connectivity index (χ1) is 19.3. The number of hydrogen-bond donors (Lipinski definition) is 2. The lowest BCUT2D eigenvalue weighted by Gasteiger charge is -2.43. The Labute approximate surface area is 253 Å². The van der Waals surface area contributed by atoms with Crippen LogP contribution in [0.25, 0.3) is 0 Å². The van der Waals surface area contributed by atoms with Gasteiger partial charge in [-0.1, -0.05) is 92.0 Å². The van der Waals surface area contributed by atoms with Crippen molar-refractivity contribution in [2.45, 2.75) is 82.3 Å². The van der Waals surface area contributed by atoms with Gasteiger partial charge in [-0.15, -0.1) is 8.74 Å². The Bertz CT molecular complexity index is 1440. The molecule has 6 nitrogen and oxygen atoms in total. The number of benzene rings is 3. The van der Waals surface area contributed by atoms with Gasteiger partial charge in [-0.25, -0.2) is 13.1 Å². The van der Waals surface area contributed by atoms with Crippen LogP contribution in [0, 0.1) is 12.8 Å². The molecule has 0 saturated heterocycles. The minimum atomic E-state index is -3.90. The molecular formula is C32H40ClN2O4S2+. The van der Waals surface area contributed by atoms with Crippen LogP contribution in [0.1, 0.15) is 76.1 Å². The van der Waals surface area contributed by atoms with Crippen LogP contribution >= 0.6 is 11.6 Å². The van der Waals surface area contributed by atoms with Crippen LogP contribution in [0.3, 0.4) is 0 Å². The van der Waals surface area contributed by atoms with Crippen molar-refractivity contribution in [2.75, 3.05) is 0 Å². The van der Waals surface area contributed by atoms with Crippen molar-refractivity contribution in [3.63, 3.8) is 0 Å². The van der Waals surface area contributed by atoms with Crippen molar-refractivity contribution in [1.29, 1.82) is 0 Å². The predicted molar refractivity (Wildman–Crippen MR) is 170 cm³/mol. The van der Waals surface area contributed by atoms with Gasteiger partial charge in [0.15, 0.2) is 0 Å². The van der Waals surface area contributed by atoms with Gasteiger partial charge < -0.3 is 0 Å². The zero-order chi connectivity index (χ0) is 29.8. The number of rotatable bonds is 12. The largest absolute Gasteiger partial charge is 0.476 e. The lowest BCUT2D eigenvalue weighted by atomic mass is 9.60. The molecular weight excluding hydrogens is 576 g/mol. The molecule has 3 aromatic carbocycles. The SMILES string of the molecule is Cc1ccc(S(=O)(=O)N[C@H](c2ccccc2)C(C)(C)O[S+](O)N=C(CC(C)C)C2(c3ccc(Cl)cc3)CCC2)cc1. The Morgan fingerprint density at radius 2 is 1.66 bits per heavy atom. The van der Waals surface area contributed by atoms with Gasteiger partial charge in [0.25, 0.3) is 0 Å². The molecule has 9 heteroatoms. The van der Waals surface area contributed by atoms with Gasteiger partial charge in [0.05, 0.1) is 16.6 Å². The van der Waals surface area contributed by atoms with Gasteiger partial charge in [0.1, 0.15) is 5.60 Å². The van der Waals surface area contributed by atoms with E-state index >= 15 is 0 Å². The molecule has 1 fully saturated rings. The van der Waals surface area contributed by atoms with Crippen molar-refractivity contribution >= 4 is 39.0 Å². The second kappa shape index (κ2) is 13.0. The van der Waals surface area contributed by atoms with Crippen molar-refractivity contribution in [3.8, 4) is 0 Å². The Balaban J connectivity index is 1.66. The van der Waals surface area contributed by atoms with E-state index in [1.54, 1.807) is 38.1 Å². The minimum absolute atomic E-state index is 0.162. The molecule has 0 radical (unpaired) electrons. The molecule has 3 aromatic rings. The van der Waals surface area contributed by atoms with E-state index in [1.807, 2.05) is 61.5 Å². The number of aryl methyl sites for hydroxylation is 1. The maximum atomic E-state index is 13.5. The lowest BCUT2D eigenvalue weighted by molar-refractivity contribution is 0.0818. The number of hydrogen-bond acceptors (Lipinski definition) is 5. The normalized spacial score (nSPS) is 17.2.